The van der Waals surface area contributed by atoms with Crippen molar-refractivity contribution in [2.24, 2.45) is 0 Å². The summed E-state index contributed by atoms with van der Waals surface area (Å²) in [6, 6.07) is 14.7. The summed E-state index contributed by atoms with van der Waals surface area (Å²) in [4.78, 5) is 33.0. The van der Waals surface area contributed by atoms with Crippen LogP contribution in [0.25, 0.3) is 10.4 Å². The van der Waals surface area contributed by atoms with Gasteiger partial charge in [-0.2, -0.15) is 0 Å². The Morgan fingerprint density at radius 3 is 2.59 bits per heavy atom. The Labute approximate surface area is 212 Å². The Kier molecular flexibility index (Phi) is 6.95. The second-order valence-electron chi connectivity index (χ2n) is 9.25. The van der Waals surface area contributed by atoms with E-state index in [1.165, 1.54) is 5.56 Å². The zero-order chi connectivity index (χ0) is 23.7. The molecule has 1 saturated heterocycles. The minimum absolute atomic E-state index is 0.110. The van der Waals surface area contributed by atoms with Crippen molar-refractivity contribution < 1.29 is 9.59 Å². The van der Waals surface area contributed by atoms with Gasteiger partial charge in [-0.15, -0.1) is 11.3 Å². The molecule has 7 heteroatoms. The number of amides is 1. The highest BCUT2D eigenvalue weighted by atomic mass is 79.9. The third-order valence-corrected chi connectivity index (χ3v) is 8.28. The largest absolute Gasteiger partial charge is 0.340 e. The van der Waals surface area contributed by atoms with Crippen molar-refractivity contribution in [1.29, 1.82) is 0 Å². The lowest BCUT2D eigenvalue weighted by Crippen LogP contribution is -2.55. The van der Waals surface area contributed by atoms with Crippen molar-refractivity contribution >= 4 is 39.0 Å². The number of nitrogens with one attached hydrogen (secondary N) is 2. The van der Waals surface area contributed by atoms with Crippen LogP contribution in [0.15, 0.2) is 53.0 Å². The van der Waals surface area contributed by atoms with E-state index >= 15 is 0 Å². The van der Waals surface area contributed by atoms with E-state index in [0.717, 1.165) is 58.6 Å². The van der Waals surface area contributed by atoms with E-state index < -0.39 is 6.04 Å². The van der Waals surface area contributed by atoms with Gasteiger partial charge in [0.2, 0.25) is 5.78 Å². The summed E-state index contributed by atoms with van der Waals surface area (Å²) in [7, 11) is 0. The predicted octanol–water partition coefficient (Wildman–Crippen LogP) is 5.88. The Balaban J connectivity index is 1.50. The number of nitrogens with zero attached hydrogens (tertiary/aromatic N) is 1. The van der Waals surface area contributed by atoms with E-state index in [0.29, 0.717) is 17.2 Å². The highest BCUT2D eigenvalue weighted by Crippen LogP contribution is 2.45. The van der Waals surface area contributed by atoms with Gasteiger partial charge in [0, 0.05) is 22.0 Å². The molecule has 34 heavy (non-hydrogen) atoms. The van der Waals surface area contributed by atoms with Crippen LogP contribution in [0.1, 0.15) is 69.4 Å². The Morgan fingerprint density at radius 2 is 1.91 bits per heavy atom. The number of ketones is 1. The van der Waals surface area contributed by atoms with Crippen molar-refractivity contribution in [3.05, 3.63) is 74.8 Å². The van der Waals surface area contributed by atoms with Crippen molar-refractivity contribution in [2.45, 2.75) is 57.0 Å². The van der Waals surface area contributed by atoms with Crippen LogP contribution in [0.5, 0.6) is 0 Å². The van der Waals surface area contributed by atoms with E-state index in [2.05, 4.69) is 57.8 Å². The summed E-state index contributed by atoms with van der Waals surface area (Å²) in [5.41, 5.74) is 3.20. The summed E-state index contributed by atoms with van der Waals surface area (Å²) in [5, 5.41) is 7.58. The van der Waals surface area contributed by atoms with E-state index in [1.54, 1.807) is 23.5 Å². The molecule has 5 rings (SSSR count). The van der Waals surface area contributed by atoms with Crippen LogP contribution in [-0.4, -0.2) is 35.3 Å². The van der Waals surface area contributed by atoms with Gasteiger partial charge in [-0.05, 0) is 62.9 Å². The molecule has 1 amide bonds. The molecule has 2 fully saturated rings. The molecule has 1 aliphatic heterocycles. The fourth-order valence-corrected chi connectivity index (χ4v) is 6.07. The highest BCUT2D eigenvalue weighted by Gasteiger charge is 2.36. The number of piperidine rings is 1. The molecule has 2 aromatic carbocycles. The number of halogens is 1. The molecule has 0 bridgehead atoms. The summed E-state index contributed by atoms with van der Waals surface area (Å²) >= 11 is 5.06. The fourth-order valence-electron chi connectivity index (χ4n) is 4.42. The molecule has 0 radical (unpaired) electrons. The number of carbonyl (C=O) groups excluding carboxylic acids is 2. The summed E-state index contributed by atoms with van der Waals surface area (Å²) < 4.78 is 0.828. The first kappa shape index (κ1) is 23.4. The van der Waals surface area contributed by atoms with Crippen molar-refractivity contribution in [3.63, 3.8) is 0 Å². The second-order valence-corrected chi connectivity index (χ2v) is 11.2. The number of carbonyl (C=O) groups is 2. The molecule has 176 valence electrons. The fraction of sp³-hybridized carbons (Fsp3) is 0.370. The monoisotopic (exact) mass is 537 g/mol. The molecule has 2 N–H and O–H groups in total. The standard InChI is InChI=1S/C27H28BrN3O2S/c1-16-8-10-17(11-9-16)25-23(31-27(34-25)18-12-13-18)24(32)22(21-7-2-3-14-29-21)30-26(33)19-5-4-6-20(28)15-19/h4-6,8-11,15,18,21-22,29H,2-3,7,12-14H2,1H3,(H,30,33)/t21?,22-/m0/s1. The van der Waals surface area contributed by atoms with Crippen LogP contribution in [0.3, 0.4) is 0 Å². The van der Waals surface area contributed by atoms with Crippen LogP contribution in [0.2, 0.25) is 0 Å². The number of hydrogen-bond acceptors (Lipinski definition) is 5. The number of benzene rings is 2. The lowest BCUT2D eigenvalue weighted by molar-refractivity contribution is 0.0823. The van der Waals surface area contributed by atoms with Crippen LogP contribution >= 0.6 is 27.3 Å². The molecule has 3 aromatic rings. The lowest BCUT2D eigenvalue weighted by atomic mass is 9.92. The van der Waals surface area contributed by atoms with Gasteiger partial charge in [-0.3, -0.25) is 9.59 Å². The van der Waals surface area contributed by atoms with E-state index in [-0.39, 0.29) is 17.7 Å². The van der Waals surface area contributed by atoms with Crippen molar-refractivity contribution in [3.8, 4) is 10.4 Å². The molecule has 5 nitrogen and oxygen atoms in total. The maximum atomic E-state index is 14.1. The van der Waals surface area contributed by atoms with Gasteiger partial charge >= 0.3 is 0 Å². The summed E-state index contributed by atoms with van der Waals surface area (Å²) in [6.07, 6.45) is 5.20. The minimum Gasteiger partial charge on any atom is -0.340 e. The van der Waals surface area contributed by atoms with Gasteiger partial charge in [0.25, 0.3) is 5.91 Å². The Morgan fingerprint density at radius 1 is 1.12 bits per heavy atom. The van der Waals surface area contributed by atoms with Crippen molar-refractivity contribution in [2.75, 3.05) is 6.54 Å². The molecule has 0 spiro atoms. The molecule has 2 aliphatic rings. The van der Waals surface area contributed by atoms with Gasteiger partial charge in [0.05, 0.1) is 9.88 Å². The first-order valence-electron chi connectivity index (χ1n) is 11.9. The van der Waals surface area contributed by atoms with Gasteiger partial charge < -0.3 is 10.6 Å². The topological polar surface area (TPSA) is 71.1 Å². The zero-order valence-electron chi connectivity index (χ0n) is 19.1. The second kappa shape index (κ2) is 10.1. The van der Waals surface area contributed by atoms with Gasteiger partial charge in [0.15, 0.2) is 0 Å². The minimum atomic E-state index is -0.676. The molecular formula is C27H28BrN3O2S. The average Bonchev–Trinajstić information content (AvgIpc) is 3.61. The summed E-state index contributed by atoms with van der Waals surface area (Å²) in [6.45, 7) is 2.90. The van der Waals surface area contributed by atoms with Crippen LogP contribution in [0.4, 0.5) is 0 Å². The molecule has 1 unspecified atom stereocenters. The highest BCUT2D eigenvalue weighted by molar-refractivity contribution is 9.10. The van der Waals surface area contributed by atoms with Gasteiger partial charge in [-0.1, -0.05) is 58.2 Å². The van der Waals surface area contributed by atoms with Gasteiger partial charge in [0.1, 0.15) is 11.7 Å². The lowest BCUT2D eigenvalue weighted by Gasteiger charge is -2.31. The normalized spacial score (nSPS) is 18.9. The maximum absolute atomic E-state index is 14.1. The van der Waals surface area contributed by atoms with Crippen LogP contribution in [0, 0.1) is 6.92 Å². The molecule has 1 aromatic heterocycles. The average molecular weight is 539 g/mol. The number of Topliss-reactive ketones (excluding diaryl/α,β-unsaturated/α-hetero) is 1. The van der Waals surface area contributed by atoms with Gasteiger partial charge in [-0.25, -0.2) is 4.98 Å². The summed E-state index contributed by atoms with van der Waals surface area (Å²) in [5.74, 6) is 0.0984. The molecule has 1 saturated carbocycles. The predicted molar refractivity (Wildman–Crippen MR) is 140 cm³/mol. The number of rotatable bonds is 7. The van der Waals surface area contributed by atoms with E-state index in [1.807, 2.05) is 12.1 Å². The third-order valence-electron chi connectivity index (χ3n) is 6.52. The molecular weight excluding hydrogens is 510 g/mol. The number of aryl methyl sites for hydroxylation is 1. The molecule has 1 aliphatic carbocycles. The van der Waals surface area contributed by atoms with Crippen LogP contribution < -0.4 is 10.6 Å². The third kappa shape index (κ3) is 5.16. The SMILES string of the molecule is Cc1ccc(-c2sc(C3CC3)nc2C(=O)[C@@H](NC(=O)c2cccc(Br)c2)C2CCCCN2)cc1. The van der Waals surface area contributed by atoms with E-state index in [9.17, 15) is 9.59 Å². The first-order valence-corrected chi connectivity index (χ1v) is 13.5. The molecule has 2 atom stereocenters. The quantitative estimate of drug-likeness (QED) is 0.369. The first-order chi connectivity index (χ1) is 16.5. The number of aromatic nitrogens is 1. The Bertz CT molecular complexity index is 1200. The maximum Gasteiger partial charge on any atom is 0.251 e. The number of thiazole rings is 1. The van der Waals surface area contributed by atoms with Crippen LogP contribution in [-0.2, 0) is 0 Å². The Hall–Kier alpha value is -2.35. The molecule has 2 heterocycles. The smallest absolute Gasteiger partial charge is 0.251 e. The van der Waals surface area contributed by atoms with Crippen molar-refractivity contribution in [1.82, 2.24) is 15.6 Å². The number of hydrogen-bond donors (Lipinski definition) is 2. The zero-order valence-corrected chi connectivity index (χ0v) is 21.5. The van der Waals surface area contributed by atoms with E-state index in [4.69, 9.17) is 4.98 Å².